The van der Waals surface area contributed by atoms with Crippen LogP contribution in [0.15, 0.2) is 114 Å². The summed E-state index contributed by atoms with van der Waals surface area (Å²) in [5.74, 6) is -0.901. The molecule has 2 amide bonds. The van der Waals surface area contributed by atoms with Gasteiger partial charge in [0.15, 0.2) is 0 Å². The Bertz CT molecular complexity index is 1980. The fourth-order valence-corrected chi connectivity index (χ4v) is 6.44. The predicted molar refractivity (Wildman–Crippen MR) is 180 cm³/mol. The van der Waals surface area contributed by atoms with Gasteiger partial charge in [-0.1, -0.05) is 48.5 Å². The zero-order chi connectivity index (χ0) is 32.0. The Hall–Kier alpha value is -5.48. The van der Waals surface area contributed by atoms with Crippen molar-refractivity contribution in [3.8, 4) is 0 Å². The van der Waals surface area contributed by atoms with Gasteiger partial charge in [0.05, 0.1) is 21.8 Å². The van der Waals surface area contributed by atoms with Crippen molar-refractivity contribution >= 4 is 57.8 Å². The number of hydrogen-bond donors (Lipinski definition) is 2. The number of thioether (sulfide) groups is 1. The number of carbonyl (C=O) groups excluding carboxylic acids is 3. The highest BCUT2D eigenvalue weighted by molar-refractivity contribution is 8.00. The number of nitrogens with zero attached hydrogens (tertiary/aromatic N) is 2. The molecule has 1 heterocycles. The first-order valence-electron chi connectivity index (χ1n) is 14.9. The number of anilines is 1. The third-order valence-electron chi connectivity index (χ3n) is 7.86. The van der Waals surface area contributed by atoms with Crippen LogP contribution in [0.2, 0.25) is 0 Å². The second kappa shape index (κ2) is 13.7. The molecule has 1 aliphatic carbocycles. The van der Waals surface area contributed by atoms with Crippen molar-refractivity contribution < 1.29 is 19.3 Å². The maximum atomic E-state index is 13.5. The normalized spacial score (nSPS) is 12.7. The van der Waals surface area contributed by atoms with E-state index in [0.29, 0.717) is 11.3 Å². The van der Waals surface area contributed by atoms with Crippen LogP contribution in [-0.2, 0) is 17.6 Å². The van der Waals surface area contributed by atoms with Gasteiger partial charge in [0, 0.05) is 33.3 Å². The zero-order valence-electron chi connectivity index (χ0n) is 24.8. The molecule has 1 aromatic heterocycles. The molecular weight excluding hydrogens is 600 g/mol. The smallest absolute Gasteiger partial charge is 0.276 e. The highest BCUT2D eigenvalue weighted by Gasteiger charge is 2.23. The lowest BCUT2D eigenvalue weighted by Gasteiger charge is -2.15. The second-order valence-corrected chi connectivity index (χ2v) is 11.9. The van der Waals surface area contributed by atoms with Gasteiger partial charge in [0.2, 0.25) is 5.91 Å². The third-order valence-corrected chi connectivity index (χ3v) is 8.86. The van der Waals surface area contributed by atoms with E-state index in [0.717, 1.165) is 47.2 Å². The molecule has 1 aliphatic rings. The van der Waals surface area contributed by atoms with E-state index in [-0.39, 0.29) is 28.6 Å². The van der Waals surface area contributed by atoms with Gasteiger partial charge in [-0.15, -0.1) is 11.8 Å². The van der Waals surface area contributed by atoms with Gasteiger partial charge < -0.3 is 10.6 Å². The van der Waals surface area contributed by atoms with Crippen molar-refractivity contribution in [2.75, 3.05) is 11.1 Å². The summed E-state index contributed by atoms with van der Waals surface area (Å²) in [4.78, 5) is 51.7. The zero-order valence-corrected chi connectivity index (χ0v) is 25.6. The van der Waals surface area contributed by atoms with Crippen LogP contribution in [0.1, 0.15) is 44.8 Å². The molecule has 0 atom stereocenters. The summed E-state index contributed by atoms with van der Waals surface area (Å²) in [6.07, 6.45) is 5.38. The number of nitro groups is 1. The van der Waals surface area contributed by atoms with Crippen LogP contribution in [0, 0.1) is 10.1 Å². The van der Waals surface area contributed by atoms with Gasteiger partial charge in [-0.2, -0.15) is 0 Å². The lowest BCUT2D eigenvalue weighted by molar-refractivity contribution is -0.385. The Morgan fingerprint density at radius 2 is 1.54 bits per heavy atom. The fourth-order valence-electron chi connectivity index (χ4n) is 5.70. The number of fused-ring (bicyclic) bond motifs is 3. The van der Waals surface area contributed by atoms with Gasteiger partial charge in [0.25, 0.3) is 17.5 Å². The minimum atomic E-state index is -0.651. The first-order chi connectivity index (χ1) is 22.4. The summed E-state index contributed by atoms with van der Waals surface area (Å²) < 4.78 is 1.89. The molecule has 46 heavy (non-hydrogen) atoms. The molecular formula is C36H30N4O5S. The van der Waals surface area contributed by atoms with Crippen LogP contribution < -0.4 is 10.6 Å². The average molecular weight is 631 g/mol. The van der Waals surface area contributed by atoms with Crippen molar-refractivity contribution in [1.82, 2.24) is 9.88 Å². The number of nitrogens with one attached hydrogen (secondary N) is 2. The Labute approximate surface area is 269 Å². The van der Waals surface area contributed by atoms with Crippen molar-refractivity contribution in [2.24, 2.45) is 0 Å². The number of para-hydroxylation sites is 2. The topological polar surface area (TPSA) is 123 Å². The minimum Gasteiger partial charge on any atom is -0.321 e. The SMILES string of the molecule is O=C(Nc1ccc(SCC(=O)n2c3c(c4ccccc42)CCCC3)cc1)/C(=C/c1ccccc1[N+](=O)[O-])NC(=O)c1ccccc1. The molecule has 4 aromatic carbocycles. The number of benzene rings is 4. The molecule has 9 nitrogen and oxygen atoms in total. The van der Waals surface area contributed by atoms with E-state index >= 15 is 0 Å². The minimum absolute atomic E-state index is 0.0284. The number of aromatic nitrogens is 1. The lowest BCUT2D eigenvalue weighted by atomic mass is 9.96. The van der Waals surface area contributed by atoms with E-state index in [2.05, 4.69) is 16.7 Å². The van der Waals surface area contributed by atoms with E-state index in [9.17, 15) is 24.5 Å². The van der Waals surface area contributed by atoms with Gasteiger partial charge >= 0.3 is 0 Å². The summed E-state index contributed by atoms with van der Waals surface area (Å²) in [6, 6.07) is 29.5. The summed E-state index contributed by atoms with van der Waals surface area (Å²) in [5.41, 5.74) is 3.96. The molecule has 0 saturated heterocycles. The summed E-state index contributed by atoms with van der Waals surface area (Å²) in [5, 5.41) is 18.1. The van der Waals surface area contributed by atoms with Gasteiger partial charge in [-0.25, -0.2) is 0 Å². The molecule has 0 radical (unpaired) electrons. The Morgan fingerprint density at radius 1 is 0.848 bits per heavy atom. The van der Waals surface area contributed by atoms with E-state index in [1.165, 1.54) is 41.6 Å². The molecule has 0 spiro atoms. The number of rotatable bonds is 9. The van der Waals surface area contributed by atoms with Crippen LogP contribution in [0.4, 0.5) is 11.4 Å². The van der Waals surface area contributed by atoms with Crippen molar-refractivity contribution in [1.29, 1.82) is 0 Å². The molecule has 5 aromatic rings. The Balaban J connectivity index is 1.17. The first kappa shape index (κ1) is 30.5. The van der Waals surface area contributed by atoms with Crippen LogP contribution in [0.3, 0.4) is 0 Å². The van der Waals surface area contributed by atoms with Crippen molar-refractivity contribution in [3.05, 3.63) is 141 Å². The molecule has 230 valence electrons. The third kappa shape index (κ3) is 6.62. The van der Waals surface area contributed by atoms with Crippen LogP contribution in [0.5, 0.6) is 0 Å². The van der Waals surface area contributed by atoms with E-state index in [1.807, 2.05) is 34.9 Å². The Morgan fingerprint density at radius 3 is 2.33 bits per heavy atom. The summed E-state index contributed by atoms with van der Waals surface area (Å²) in [7, 11) is 0. The molecule has 2 N–H and O–H groups in total. The first-order valence-corrected chi connectivity index (χ1v) is 15.9. The number of carbonyl (C=O) groups is 3. The highest BCUT2D eigenvalue weighted by Crippen LogP contribution is 2.33. The largest absolute Gasteiger partial charge is 0.321 e. The number of hydrogen-bond acceptors (Lipinski definition) is 6. The average Bonchev–Trinajstić information content (AvgIpc) is 3.42. The van der Waals surface area contributed by atoms with Gasteiger partial charge in [-0.3, -0.25) is 29.1 Å². The molecule has 0 saturated carbocycles. The van der Waals surface area contributed by atoms with Crippen molar-refractivity contribution in [2.45, 2.75) is 30.6 Å². The summed E-state index contributed by atoms with van der Waals surface area (Å²) in [6.45, 7) is 0. The molecule has 0 bridgehead atoms. The Kier molecular flexibility index (Phi) is 9.07. The molecule has 6 rings (SSSR count). The number of aryl methyl sites for hydroxylation is 1. The maximum absolute atomic E-state index is 13.5. The van der Waals surface area contributed by atoms with E-state index in [1.54, 1.807) is 48.5 Å². The van der Waals surface area contributed by atoms with Crippen LogP contribution >= 0.6 is 11.8 Å². The standard InChI is InChI=1S/C36H30N4O5S/c41-34(39-32-16-8-5-13-28(32)29-14-6-9-17-33(29)39)23-46-27-20-18-26(19-21-27)37-36(43)30(38-35(42)24-10-2-1-3-11-24)22-25-12-4-7-15-31(25)40(44)45/h1-5,7-8,10-13,15-16,18-22H,6,9,14,17,23H2,(H,37,43)(H,38,42)/b30-22-. The maximum Gasteiger partial charge on any atom is 0.276 e. The van der Waals surface area contributed by atoms with E-state index in [4.69, 9.17) is 0 Å². The van der Waals surface area contributed by atoms with Crippen molar-refractivity contribution in [3.63, 3.8) is 0 Å². The predicted octanol–water partition coefficient (Wildman–Crippen LogP) is 7.27. The lowest BCUT2D eigenvalue weighted by Crippen LogP contribution is -2.30. The molecule has 0 fully saturated rings. The quantitative estimate of drug-likeness (QED) is 0.0764. The van der Waals surface area contributed by atoms with Crippen LogP contribution in [0.25, 0.3) is 17.0 Å². The monoisotopic (exact) mass is 630 g/mol. The van der Waals surface area contributed by atoms with Crippen LogP contribution in [-0.4, -0.2) is 33.0 Å². The second-order valence-electron chi connectivity index (χ2n) is 10.8. The molecule has 0 aliphatic heterocycles. The number of amides is 2. The molecule has 0 unspecified atom stereocenters. The van der Waals surface area contributed by atoms with Gasteiger partial charge in [-0.05, 0) is 85.9 Å². The highest BCUT2D eigenvalue weighted by atomic mass is 32.2. The fraction of sp³-hybridized carbons (Fsp3) is 0.139. The summed E-state index contributed by atoms with van der Waals surface area (Å²) >= 11 is 1.42. The number of nitro benzene ring substituents is 1. The molecule has 10 heteroatoms. The van der Waals surface area contributed by atoms with E-state index < -0.39 is 16.7 Å². The van der Waals surface area contributed by atoms with Gasteiger partial charge in [0.1, 0.15) is 5.70 Å².